The number of carbonyl (C=O) groups excluding carboxylic acids is 2. The molecule has 4 aromatic carbocycles. The number of phenolic OH excluding ortho intramolecular Hbond substituents is 1. The smallest absolute Gasteiger partial charge is 0.248 e. The number of primary amides is 1. The maximum atomic E-state index is 12.8. The molecule has 0 unspecified atom stereocenters. The van der Waals surface area contributed by atoms with Gasteiger partial charge >= 0.3 is 0 Å². The highest BCUT2D eigenvalue weighted by atomic mass is 16.5. The summed E-state index contributed by atoms with van der Waals surface area (Å²) in [7, 11) is 1.53. The minimum absolute atomic E-state index is 0.0899. The number of para-hydroxylation sites is 2. The number of phenols is 1. The summed E-state index contributed by atoms with van der Waals surface area (Å²) in [5, 5.41) is 23.9. The van der Waals surface area contributed by atoms with Crippen molar-refractivity contribution in [3.05, 3.63) is 89.5 Å². The van der Waals surface area contributed by atoms with E-state index in [1.807, 2.05) is 37.3 Å². The minimum atomic E-state index is -0.571. The maximum Gasteiger partial charge on any atom is 0.248 e. The van der Waals surface area contributed by atoms with E-state index in [-0.39, 0.29) is 23.8 Å². The molecule has 0 saturated carbocycles. The van der Waals surface area contributed by atoms with Crippen molar-refractivity contribution in [1.29, 1.82) is 0 Å². The zero-order valence-corrected chi connectivity index (χ0v) is 19.3. The van der Waals surface area contributed by atoms with Gasteiger partial charge in [0.25, 0.3) is 0 Å². The molecule has 0 heterocycles. The highest BCUT2D eigenvalue weighted by Gasteiger charge is 2.17. The van der Waals surface area contributed by atoms with E-state index in [2.05, 4.69) is 15.5 Å². The molecule has 0 atom stereocenters. The Morgan fingerprint density at radius 3 is 2.51 bits per heavy atom. The van der Waals surface area contributed by atoms with Crippen LogP contribution < -0.4 is 15.8 Å². The number of anilines is 1. The summed E-state index contributed by atoms with van der Waals surface area (Å²) in [4.78, 5) is 24.3. The Morgan fingerprint density at radius 2 is 1.74 bits per heavy atom. The van der Waals surface area contributed by atoms with Crippen LogP contribution in [0.5, 0.6) is 11.5 Å². The molecule has 0 spiro atoms. The third-order valence-electron chi connectivity index (χ3n) is 5.56. The van der Waals surface area contributed by atoms with Crippen molar-refractivity contribution in [3.8, 4) is 11.5 Å². The summed E-state index contributed by atoms with van der Waals surface area (Å²) in [6.07, 6.45) is -0.0899. The van der Waals surface area contributed by atoms with Gasteiger partial charge in [0.15, 0.2) is 0 Å². The average Bonchev–Trinajstić information content (AvgIpc) is 2.85. The average molecular weight is 469 g/mol. The molecule has 8 heteroatoms. The lowest BCUT2D eigenvalue weighted by Crippen LogP contribution is -2.15. The number of methoxy groups -OCH3 is 1. The molecule has 0 aliphatic heterocycles. The van der Waals surface area contributed by atoms with Crippen molar-refractivity contribution in [2.45, 2.75) is 13.3 Å². The first kappa shape index (κ1) is 23.4. The molecular weight excluding hydrogens is 444 g/mol. The van der Waals surface area contributed by atoms with E-state index in [4.69, 9.17) is 10.5 Å². The summed E-state index contributed by atoms with van der Waals surface area (Å²) >= 11 is 0. The highest BCUT2D eigenvalue weighted by Crippen LogP contribution is 2.40. The molecule has 35 heavy (non-hydrogen) atoms. The number of rotatable bonds is 7. The Hall–Kier alpha value is -4.72. The Kier molecular flexibility index (Phi) is 6.73. The number of nitrogens with two attached hydrogens (primary N) is 1. The fourth-order valence-electron chi connectivity index (χ4n) is 3.70. The van der Waals surface area contributed by atoms with Crippen molar-refractivity contribution in [1.82, 2.24) is 0 Å². The number of hydrogen-bond acceptors (Lipinski definition) is 6. The van der Waals surface area contributed by atoms with Gasteiger partial charge < -0.3 is 20.9 Å². The van der Waals surface area contributed by atoms with Crippen molar-refractivity contribution < 1.29 is 19.4 Å². The zero-order chi connectivity index (χ0) is 24.9. The first-order valence-electron chi connectivity index (χ1n) is 10.9. The molecule has 0 aliphatic rings. The van der Waals surface area contributed by atoms with Crippen LogP contribution in [0.1, 0.15) is 21.5 Å². The Labute approximate surface area is 202 Å². The highest BCUT2D eigenvalue weighted by molar-refractivity contribution is 5.99. The number of fused-ring (bicyclic) bond motifs is 1. The van der Waals surface area contributed by atoms with Crippen LogP contribution in [0.25, 0.3) is 10.8 Å². The maximum absolute atomic E-state index is 12.8. The van der Waals surface area contributed by atoms with Crippen molar-refractivity contribution in [2.24, 2.45) is 16.0 Å². The van der Waals surface area contributed by atoms with Gasteiger partial charge in [-0.15, -0.1) is 5.11 Å². The number of azo groups is 1. The summed E-state index contributed by atoms with van der Waals surface area (Å²) in [5.41, 5.74) is 8.08. The monoisotopic (exact) mass is 468 g/mol. The third kappa shape index (κ3) is 5.11. The normalized spacial score (nSPS) is 11.0. The van der Waals surface area contributed by atoms with Gasteiger partial charge in [0.05, 0.1) is 24.9 Å². The van der Waals surface area contributed by atoms with Crippen LogP contribution in [-0.2, 0) is 11.2 Å². The molecule has 0 radical (unpaired) electrons. The molecule has 176 valence electrons. The molecule has 8 nitrogen and oxygen atoms in total. The molecular formula is C27H24N4O4. The lowest BCUT2D eigenvalue weighted by atomic mass is 10.0. The van der Waals surface area contributed by atoms with Gasteiger partial charge in [-0.05, 0) is 48.2 Å². The van der Waals surface area contributed by atoms with Gasteiger partial charge in [0.1, 0.15) is 17.2 Å². The number of ether oxygens (including phenoxy) is 1. The summed E-state index contributed by atoms with van der Waals surface area (Å²) in [6.45, 7) is 1.83. The van der Waals surface area contributed by atoms with Gasteiger partial charge in [-0.3, -0.25) is 9.59 Å². The van der Waals surface area contributed by atoms with E-state index in [1.165, 1.54) is 7.11 Å². The standard InChI is InChI=1S/C27H24N4O4/c1-16-11-12-18(27(28)34)14-22(16)30-31-25-20-8-4-3-7-17(20)13-19(26(25)33)15-24(32)29-21-9-5-6-10-23(21)35-2/h3-14,33H,15H2,1-2H3,(H2,28,34)(H,29,32). The SMILES string of the molecule is COc1ccccc1NC(=O)Cc1cc2ccccc2c(N=Nc2cc(C(N)=O)ccc2C)c1O. The lowest BCUT2D eigenvalue weighted by molar-refractivity contribution is -0.115. The Bertz CT molecular complexity index is 1460. The molecule has 2 amide bonds. The molecule has 0 aliphatic carbocycles. The van der Waals surface area contributed by atoms with E-state index in [0.29, 0.717) is 33.6 Å². The third-order valence-corrected chi connectivity index (χ3v) is 5.56. The van der Waals surface area contributed by atoms with Gasteiger partial charge in [-0.2, -0.15) is 5.11 Å². The minimum Gasteiger partial charge on any atom is -0.505 e. The Balaban J connectivity index is 1.70. The van der Waals surface area contributed by atoms with E-state index in [1.54, 1.807) is 42.5 Å². The van der Waals surface area contributed by atoms with Crippen LogP contribution in [0.3, 0.4) is 0 Å². The van der Waals surface area contributed by atoms with Crippen LogP contribution >= 0.6 is 0 Å². The second-order valence-corrected chi connectivity index (χ2v) is 7.94. The van der Waals surface area contributed by atoms with Crippen molar-refractivity contribution in [3.63, 3.8) is 0 Å². The quantitative estimate of drug-likeness (QED) is 0.307. The first-order chi connectivity index (χ1) is 16.9. The number of nitrogens with one attached hydrogen (secondary N) is 1. The molecule has 4 N–H and O–H groups in total. The van der Waals surface area contributed by atoms with Gasteiger partial charge in [0.2, 0.25) is 11.8 Å². The zero-order valence-electron chi connectivity index (χ0n) is 19.3. The summed E-state index contributed by atoms with van der Waals surface area (Å²) in [6, 6.07) is 21.1. The summed E-state index contributed by atoms with van der Waals surface area (Å²) in [5.74, 6) is -0.510. The fraction of sp³-hybridized carbons (Fsp3) is 0.111. The number of amides is 2. The topological polar surface area (TPSA) is 126 Å². The van der Waals surface area contributed by atoms with Gasteiger partial charge in [-0.1, -0.05) is 42.5 Å². The van der Waals surface area contributed by atoms with Gasteiger partial charge in [-0.25, -0.2) is 0 Å². The molecule has 4 aromatic rings. The van der Waals surface area contributed by atoms with E-state index in [9.17, 15) is 14.7 Å². The van der Waals surface area contributed by atoms with Crippen LogP contribution in [-0.4, -0.2) is 24.0 Å². The molecule has 0 aromatic heterocycles. The first-order valence-corrected chi connectivity index (χ1v) is 10.9. The van der Waals surface area contributed by atoms with Crippen molar-refractivity contribution in [2.75, 3.05) is 12.4 Å². The number of nitrogens with zero attached hydrogens (tertiary/aromatic N) is 2. The predicted molar refractivity (Wildman–Crippen MR) is 135 cm³/mol. The number of benzene rings is 4. The Morgan fingerprint density at radius 1 is 1.00 bits per heavy atom. The predicted octanol–water partition coefficient (Wildman–Crippen LogP) is 5.56. The second kappa shape index (κ2) is 10.0. The van der Waals surface area contributed by atoms with Crippen LogP contribution in [0.2, 0.25) is 0 Å². The van der Waals surface area contributed by atoms with Crippen molar-refractivity contribution >= 4 is 39.6 Å². The number of aryl methyl sites for hydroxylation is 1. The van der Waals surface area contributed by atoms with E-state index in [0.717, 1.165) is 10.9 Å². The largest absolute Gasteiger partial charge is 0.505 e. The molecule has 4 rings (SSSR count). The fourth-order valence-corrected chi connectivity index (χ4v) is 3.70. The van der Waals surface area contributed by atoms with Crippen LogP contribution in [0.15, 0.2) is 83.0 Å². The lowest BCUT2D eigenvalue weighted by Gasteiger charge is -2.12. The summed E-state index contributed by atoms with van der Waals surface area (Å²) < 4.78 is 5.28. The van der Waals surface area contributed by atoms with E-state index < -0.39 is 5.91 Å². The second-order valence-electron chi connectivity index (χ2n) is 7.94. The molecule has 0 bridgehead atoms. The van der Waals surface area contributed by atoms with Gasteiger partial charge in [0, 0.05) is 16.5 Å². The molecule has 0 fully saturated rings. The number of aromatic hydroxyl groups is 1. The van der Waals surface area contributed by atoms with Crippen LogP contribution in [0, 0.1) is 6.92 Å². The van der Waals surface area contributed by atoms with Crippen LogP contribution in [0.4, 0.5) is 17.1 Å². The number of carbonyl (C=O) groups is 2. The van der Waals surface area contributed by atoms with E-state index >= 15 is 0 Å². The molecule has 0 saturated heterocycles. The number of hydrogen-bond donors (Lipinski definition) is 3.